The zero-order valence-electron chi connectivity index (χ0n) is 13.1. The lowest BCUT2D eigenvalue weighted by Gasteiger charge is -2.25. The van der Waals surface area contributed by atoms with Crippen LogP contribution in [0.25, 0.3) is 0 Å². The van der Waals surface area contributed by atoms with Gasteiger partial charge in [0.15, 0.2) is 0 Å². The van der Waals surface area contributed by atoms with Crippen molar-refractivity contribution in [1.82, 2.24) is 4.31 Å². The Hall–Kier alpha value is -0.440. The molecule has 2 aromatic rings. The zero-order chi connectivity index (χ0) is 18.2. The number of sulfonamides is 1. The highest BCUT2D eigenvalue weighted by Gasteiger charge is 2.38. The molecular formula is C16H14BrCl2NO3S2. The van der Waals surface area contributed by atoms with Crippen molar-refractivity contribution in [3.05, 3.63) is 56.5 Å². The fourth-order valence-electron chi connectivity index (χ4n) is 2.62. The smallest absolute Gasteiger partial charge is 0.244 e. The van der Waals surface area contributed by atoms with Crippen molar-refractivity contribution in [2.75, 3.05) is 19.4 Å². The molecule has 134 valence electrons. The van der Waals surface area contributed by atoms with Crippen molar-refractivity contribution in [3.63, 3.8) is 0 Å². The molecule has 0 radical (unpaired) electrons. The highest BCUT2D eigenvalue weighted by atomic mass is 79.9. The second kappa shape index (κ2) is 7.66. The average Bonchev–Trinajstić information content (AvgIpc) is 3.07. The Morgan fingerprint density at radius 3 is 2.64 bits per heavy atom. The number of halogens is 3. The van der Waals surface area contributed by atoms with Crippen LogP contribution in [0.3, 0.4) is 0 Å². The van der Waals surface area contributed by atoms with Gasteiger partial charge in [-0.15, -0.1) is 11.8 Å². The number of thioether (sulfide) groups is 1. The molecule has 2 aromatic carbocycles. The Morgan fingerprint density at radius 2 is 1.96 bits per heavy atom. The number of nitrogens with zero attached hydrogens (tertiary/aromatic N) is 1. The number of rotatable bonds is 4. The Labute approximate surface area is 169 Å². The first kappa shape index (κ1) is 19.3. The van der Waals surface area contributed by atoms with Crippen molar-refractivity contribution in [3.8, 4) is 5.75 Å². The topological polar surface area (TPSA) is 46.6 Å². The van der Waals surface area contributed by atoms with Gasteiger partial charge in [-0.1, -0.05) is 39.1 Å². The Bertz CT molecular complexity index is 908. The third kappa shape index (κ3) is 3.82. The average molecular weight is 483 g/mol. The van der Waals surface area contributed by atoms with Crippen LogP contribution in [0.5, 0.6) is 5.75 Å². The fourth-order valence-corrected chi connectivity index (χ4v) is 6.63. The molecule has 0 saturated carbocycles. The van der Waals surface area contributed by atoms with Crippen molar-refractivity contribution in [2.24, 2.45) is 0 Å². The minimum Gasteiger partial charge on any atom is -0.496 e. The molecule has 1 atom stereocenters. The van der Waals surface area contributed by atoms with Gasteiger partial charge in [-0.3, -0.25) is 0 Å². The maximum absolute atomic E-state index is 13.1. The summed E-state index contributed by atoms with van der Waals surface area (Å²) in [7, 11) is -2.14. The van der Waals surface area contributed by atoms with E-state index >= 15 is 0 Å². The van der Waals surface area contributed by atoms with E-state index in [1.165, 1.54) is 22.5 Å². The van der Waals surface area contributed by atoms with Gasteiger partial charge in [0.1, 0.15) is 5.75 Å². The molecule has 25 heavy (non-hydrogen) atoms. The van der Waals surface area contributed by atoms with Crippen molar-refractivity contribution in [1.29, 1.82) is 0 Å². The van der Waals surface area contributed by atoms with E-state index in [9.17, 15) is 8.42 Å². The molecule has 0 bridgehead atoms. The summed E-state index contributed by atoms with van der Waals surface area (Å²) in [5.41, 5.74) is 0.808. The molecule has 1 fully saturated rings. The van der Waals surface area contributed by atoms with Crippen molar-refractivity contribution < 1.29 is 13.2 Å². The van der Waals surface area contributed by atoms with Crippen molar-refractivity contribution >= 4 is 60.9 Å². The maximum Gasteiger partial charge on any atom is 0.244 e. The number of hydrogen-bond acceptors (Lipinski definition) is 4. The summed E-state index contributed by atoms with van der Waals surface area (Å²) < 4.78 is 34.0. The van der Waals surface area contributed by atoms with Crippen LogP contribution in [-0.2, 0) is 10.0 Å². The first-order valence-electron chi connectivity index (χ1n) is 7.26. The molecule has 0 unspecified atom stereocenters. The van der Waals surface area contributed by atoms with E-state index in [2.05, 4.69) is 15.9 Å². The lowest BCUT2D eigenvalue weighted by Crippen LogP contribution is -2.30. The first-order valence-corrected chi connectivity index (χ1v) is 11.3. The standard InChI is InChI=1S/C16H14BrCl2NO3S2/c1-23-15-5-2-10(17)8-12(15)16-20(6-7-24-16)25(21,22)11-3-4-13(18)14(19)9-11/h2-5,8-9,16H,6-7H2,1H3/t16-/m1/s1. The van der Waals surface area contributed by atoms with Crippen LogP contribution in [-0.4, -0.2) is 32.1 Å². The molecular weight excluding hydrogens is 469 g/mol. The number of ether oxygens (including phenoxy) is 1. The SMILES string of the molecule is COc1ccc(Br)cc1[C@H]1SCCN1S(=O)(=O)c1ccc(Cl)c(Cl)c1. The third-order valence-electron chi connectivity index (χ3n) is 3.80. The maximum atomic E-state index is 13.1. The second-order valence-electron chi connectivity index (χ2n) is 5.30. The summed E-state index contributed by atoms with van der Waals surface area (Å²) in [4.78, 5) is 0.128. The van der Waals surface area contributed by atoms with Gasteiger partial charge in [-0.25, -0.2) is 8.42 Å². The predicted octanol–water partition coefficient (Wildman–Crippen LogP) is 5.20. The van der Waals surface area contributed by atoms with Crippen molar-refractivity contribution in [2.45, 2.75) is 10.3 Å². The van der Waals surface area contributed by atoms with E-state index in [1.54, 1.807) is 18.9 Å². The number of hydrogen-bond donors (Lipinski definition) is 0. The normalized spacial score (nSPS) is 18.5. The summed E-state index contributed by atoms with van der Waals surface area (Å²) in [6.45, 7) is 0.410. The van der Waals surface area contributed by atoms with Crippen LogP contribution in [0.15, 0.2) is 45.8 Å². The summed E-state index contributed by atoms with van der Waals surface area (Å²) in [6.07, 6.45) is 0. The molecule has 3 rings (SSSR count). The molecule has 0 aromatic heterocycles. The van der Waals surface area contributed by atoms with Crippen LogP contribution in [0.4, 0.5) is 0 Å². The van der Waals surface area contributed by atoms with E-state index in [4.69, 9.17) is 27.9 Å². The van der Waals surface area contributed by atoms with Crippen LogP contribution in [0, 0.1) is 0 Å². The molecule has 1 saturated heterocycles. The second-order valence-corrected chi connectivity index (χ2v) is 10.1. The first-order chi connectivity index (χ1) is 11.8. The third-order valence-corrected chi connectivity index (χ3v) is 8.27. The lowest BCUT2D eigenvalue weighted by molar-refractivity contribution is 0.390. The Balaban J connectivity index is 2.04. The van der Waals surface area contributed by atoms with Crippen LogP contribution in [0.1, 0.15) is 10.9 Å². The van der Waals surface area contributed by atoms with E-state index in [-0.39, 0.29) is 15.3 Å². The minimum absolute atomic E-state index is 0.128. The van der Waals surface area contributed by atoms with Crippen LogP contribution >= 0.6 is 50.9 Å². The Morgan fingerprint density at radius 1 is 1.20 bits per heavy atom. The van der Waals surface area contributed by atoms with Crippen LogP contribution in [0.2, 0.25) is 10.0 Å². The molecule has 9 heteroatoms. The lowest BCUT2D eigenvalue weighted by atomic mass is 10.2. The molecule has 0 N–H and O–H groups in total. The monoisotopic (exact) mass is 481 g/mol. The Kier molecular flexibility index (Phi) is 5.92. The van der Waals surface area contributed by atoms with E-state index in [0.29, 0.717) is 23.1 Å². The van der Waals surface area contributed by atoms with Gasteiger partial charge in [-0.05, 0) is 36.4 Å². The predicted molar refractivity (Wildman–Crippen MR) is 106 cm³/mol. The quantitative estimate of drug-likeness (QED) is 0.600. The summed E-state index contributed by atoms with van der Waals surface area (Å²) >= 11 is 16.9. The minimum atomic E-state index is -3.71. The van der Waals surface area contributed by atoms with E-state index < -0.39 is 10.0 Å². The highest BCUT2D eigenvalue weighted by Crippen LogP contribution is 2.45. The zero-order valence-corrected chi connectivity index (χ0v) is 17.8. The summed E-state index contributed by atoms with van der Waals surface area (Å²) in [5, 5.41) is 0.166. The van der Waals surface area contributed by atoms with Gasteiger partial charge in [-0.2, -0.15) is 4.31 Å². The fraction of sp³-hybridized carbons (Fsp3) is 0.250. The van der Waals surface area contributed by atoms with E-state index in [1.807, 2.05) is 18.2 Å². The van der Waals surface area contributed by atoms with Gasteiger partial charge in [0.05, 0.1) is 27.4 Å². The molecule has 1 aliphatic heterocycles. The van der Waals surface area contributed by atoms with Crippen LogP contribution < -0.4 is 4.74 Å². The van der Waals surface area contributed by atoms with E-state index in [0.717, 1.165) is 10.0 Å². The van der Waals surface area contributed by atoms with Gasteiger partial charge < -0.3 is 4.74 Å². The highest BCUT2D eigenvalue weighted by molar-refractivity contribution is 9.10. The molecule has 4 nitrogen and oxygen atoms in total. The molecule has 1 aliphatic rings. The molecule has 0 spiro atoms. The van der Waals surface area contributed by atoms with Gasteiger partial charge in [0.2, 0.25) is 10.0 Å². The molecule has 0 aliphatic carbocycles. The summed E-state index contributed by atoms with van der Waals surface area (Å²) in [5.74, 6) is 1.35. The molecule has 1 heterocycles. The molecule has 0 amide bonds. The van der Waals surface area contributed by atoms with Gasteiger partial charge in [0, 0.05) is 22.3 Å². The number of methoxy groups -OCH3 is 1. The largest absolute Gasteiger partial charge is 0.496 e. The summed E-state index contributed by atoms with van der Waals surface area (Å²) in [6, 6.07) is 9.93. The number of benzene rings is 2. The van der Waals surface area contributed by atoms with Gasteiger partial charge in [0.25, 0.3) is 0 Å². The van der Waals surface area contributed by atoms with Gasteiger partial charge >= 0.3 is 0 Å².